The first-order valence-electron chi connectivity index (χ1n) is 6.32. The van der Waals surface area contributed by atoms with E-state index in [4.69, 9.17) is 0 Å². The topological polar surface area (TPSA) is 98.5 Å². The summed E-state index contributed by atoms with van der Waals surface area (Å²) in [5, 5.41) is 13.6. The van der Waals surface area contributed by atoms with Gasteiger partial charge in [-0.05, 0) is 25.1 Å². The Morgan fingerprint density at radius 1 is 1.35 bits per heavy atom. The van der Waals surface area contributed by atoms with E-state index in [0.29, 0.717) is 15.4 Å². The molecule has 7 nitrogen and oxygen atoms in total. The van der Waals surface area contributed by atoms with Crippen molar-refractivity contribution in [2.45, 2.75) is 6.92 Å². The van der Waals surface area contributed by atoms with Gasteiger partial charge in [-0.1, -0.05) is 11.3 Å². The summed E-state index contributed by atoms with van der Waals surface area (Å²) in [5.41, 5.74) is 0.295. The molecule has 0 unspecified atom stereocenters. The second kappa shape index (κ2) is 7.16. The van der Waals surface area contributed by atoms with Gasteiger partial charge < -0.3 is 10.1 Å². The highest BCUT2D eigenvalue weighted by atomic mass is 32.1. The largest absolute Gasteiger partial charge is 0.465 e. The summed E-state index contributed by atoms with van der Waals surface area (Å²) in [6.45, 7) is 1.81. The molecule has 0 fully saturated rings. The van der Waals surface area contributed by atoms with E-state index in [9.17, 15) is 19.7 Å². The van der Waals surface area contributed by atoms with Gasteiger partial charge in [0.2, 0.25) is 5.91 Å². The number of methoxy groups -OCH3 is 1. The summed E-state index contributed by atoms with van der Waals surface area (Å²) in [5.74, 6) is -0.962. The van der Waals surface area contributed by atoms with Gasteiger partial charge in [0.25, 0.3) is 0 Å². The maximum Gasteiger partial charge on any atom is 0.340 e. The lowest BCUT2D eigenvalue weighted by molar-refractivity contribution is -0.380. The van der Waals surface area contributed by atoms with Gasteiger partial charge in [0.05, 0.1) is 17.6 Å². The minimum absolute atomic E-state index is 0.00640. The molecule has 0 radical (unpaired) electrons. The number of aryl methyl sites for hydroxylation is 1. The highest BCUT2D eigenvalue weighted by Gasteiger charge is 2.16. The van der Waals surface area contributed by atoms with Crippen LogP contribution >= 0.6 is 22.7 Å². The van der Waals surface area contributed by atoms with Crippen molar-refractivity contribution in [2.75, 3.05) is 12.4 Å². The van der Waals surface area contributed by atoms with E-state index in [1.807, 2.05) is 6.92 Å². The Morgan fingerprint density at radius 2 is 2.09 bits per heavy atom. The van der Waals surface area contributed by atoms with E-state index in [1.54, 1.807) is 12.1 Å². The molecule has 0 aliphatic heterocycles. The summed E-state index contributed by atoms with van der Waals surface area (Å²) >= 11 is 2.23. The molecule has 1 N–H and O–H groups in total. The number of nitrogens with one attached hydrogen (secondary N) is 1. The molecule has 2 aromatic rings. The van der Waals surface area contributed by atoms with Crippen molar-refractivity contribution in [1.82, 2.24) is 0 Å². The lowest BCUT2D eigenvalue weighted by Gasteiger charge is -2.02. The van der Waals surface area contributed by atoms with Crippen LogP contribution in [-0.4, -0.2) is 23.9 Å². The molecule has 0 saturated heterocycles. The number of carbonyl (C=O) groups is 2. The van der Waals surface area contributed by atoms with Crippen LogP contribution in [0.5, 0.6) is 0 Å². The van der Waals surface area contributed by atoms with E-state index in [2.05, 4.69) is 10.1 Å². The van der Waals surface area contributed by atoms with Crippen LogP contribution in [-0.2, 0) is 9.53 Å². The quantitative estimate of drug-likeness (QED) is 0.384. The number of anilines is 1. The van der Waals surface area contributed by atoms with Crippen LogP contribution in [0, 0.1) is 17.0 Å². The summed E-state index contributed by atoms with van der Waals surface area (Å²) in [6, 6.07) is 4.57. The maximum absolute atomic E-state index is 11.9. The van der Waals surface area contributed by atoms with Gasteiger partial charge >= 0.3 is 11.0 Å². The van der Waals surface area contributed by atoms with Crippen molar-refractivity contribution in [2.24, 2.45) is 0 Å². The van der Waals surface area contributed by atoms with E-state index in [-0.39, 0.29) is 5.00 Å². The standard InChI is InChI=1S/C14H12N2O5S2/c1-8-7-10(14(18)21-2)13(22-8)15-11(17)5-3-9-4-6-12(23-9)16(19)20/h3-7H,1-2H3,(H,15,17)/b5-3+. The van der Waals surface area contributed by atoms with Crippen molar-refractivity contribution in [3.05, 3.63) is 49.7 Å². The molecule has 0 atom stereocenters. The Morgan fingerprint density at radius 3 is 2.70 bits per heavy atom. The number of hydrogen-bond acceptors (Lipinski definition) is 7. The third-order valence-electron chi connectivity index (χ3n) is 2.69. The zero-order chi connectivity index (χ0) is 17.0. The third-order valence-corrected chi connectivity index (χ3v) is 4.66. The molecule has 0 aliphatic carbocycles. The number of hydrogen-bond donors (Lipinski definition) is 1. The first-order chi connectivity index (χ1) is 10.9. The van der Waals surface area contributed by atoms with Crippen LogP contribution in [0.15, 0.2) is 24.3 Å². The van der Waals surface area contributed by atoms with Crippen molar-refractivity contribution < 1.29 is 19.2 Å². The summed E-state index contributed by atoms with van der Waals surface area (Å²) in [7, 11) is 1.27. The van der Waals surface area contributed by atoms with Gasteiger partial charge in [-0.3, -0.25) is 14.9 Å². The van der Waals surface area contributed by atoms with E-state index >= 15 is 0 Å². The molecule has 0 spiro atoms. The monoisotopic (exact) mass is 352 g/mol. The smallest absolute Gasteiger partial charge is 0.340 e. The Balaban J connectivity index is 2.08. The van der Waals surface area contributed by atoms with Crippen molar-refractivity contribution in [3.63, 3.8) is 0 Å². The molecule has 2 heterocycles. The Labute approximate surface area is 139 Å². The van der Waals surface area contributed by atoms with Gasteiger partial charge in [-0.2, -0.15) is 0 Å². The number of carbonyl (C=O) groups excluding carboxylic acids is 2. The van der Waals surface area contributed by atoms with Crippen LogP contribution in [0.25, 0.3) is 6.08 Å². The van der Waals surface area contributed by atoms with Crippen molar-refractivity contribution >= 4 is 50.6 Å². The third kappa shape index (κ3) is 4.24. The van der Waals surface area contributed by atoms with Crippen LogP contribution in [0.2, 0.25) is 0 Å². The molecule has 9 heteroatoms. The lowest BCUT2D eigenvalue weighted by atomic mass is 10.3. The normalized spacial score (nSPS) is 10.7. The molecule has 2 aromatic heterocycles. The van der Waals surface area contributed by atoms with Crippen molar-refractivity contribution in [3.8, 4) is 0 Å². The number of rotatable bonds is 5. The van der Waals surface area contributed by atoms with E-state index < -0.39 is 16.8 Å². The molecule has 23 heavy (non-hydrogen) atoms. The summed E-state index contributed by atoms with van der Waals surface area (Å²) < 4.78 is 4.66. The molecule has 0 saturated carbocycles. The first kappa shape index (κ1) is 16.8. The number of amides is 1. The Bertz CT molecular complexity index is 791. The number of ether oxygens (including phenoxy) is 1. The van der Waals surface area contributed by atoms with Gasteiger partial charge in [0.1, 0.15) is 5.00 Å². The molecule has 2 rings (SSSR count). The molecular weight excluding hydrogens is 340 g/mol. The second-order valence-electron chi connectivity index (χ2n) is 4.35. The van der Waals surface area contributed by atoms with E-state index in [1.165, 1.54) is 36.7 Å². The van der Waals surface area contributed by atoms with Crippen LogP contribution in [0.4, 0.5) is 10.0 Å². The maximum atomic E-state index is 11.9. The highest BCUT2D eigenvalue weighted by Crippen LogP contribution is 2.28. The highest BCUT2D eigenvalue weighted by molar-refractivity contribution is 7.16. The number of nitro groups is 1. The Hall–Kier alpha value is -2.52. The zero-order valence-electron chi connectivity index (χ0n) is 12.2. The molecule has 120 valence electrons. The number of esters is 1. The Kier molecular flexibility index (Phi) is 5.24. The lowest BCUT2D eigenvalue weighted by Crippen LogP contribution is -2.10. The fraction of sp³-hybridized carbons (Fsp3) is 0.143. The molecule has 0 aliphatic rings. The van der Waals surface area contributed by atoms with Crippen LogP contribution in [0.1, 0.15) is 20.1 Å². The average Bonchev–Trinajstić information content (AvgIpc) is 3.11. The molecular formula is C14H12N2O5S2. The fourth-order valence-corrected chi connectivity index (χ4v) is 3.34. The second-order valence-corrected chi connectivity index (χ2v) is 6.70. The molecule has 1 amide bonds. The average molecular weight is 352 g/mol. The molecule has 0 aromatic carbocycles. The summed E-state index contributed by atoms with van der Waals surface area (Å²) in [6.07, 6.45) is 2.73. The van der Waals surface area contributed by atoms with Gasteiger partial charge in [-0.25, -0.2) is 4.79 Å². The fourth-order valence-electron chi connectivity index (χ4n) is 1.71. The first-order valence-corrected chi connectivity index (χ1v) is 7.96. The SMILES string of the molecule is COC(=O)c1cc(C)sc1NC(=O)/C=C/c1ccc([N+](=O)[O-])s1. The number of nitrogens with zero attached hydrogens (tertiary/aromatic N) is 1. The minimum Gasteiger partial charge on any atom is -0.465 e. The van der Waals surface area contributed by atoms with Crippen LogP contribution in [0.3, 0.4) is 0 Å². The number of thiophene rings is 2. The van der Waals surface area contributed by atoms with Gasteiger partial charge in [0.15, 0.2) is 0 Å². The van der Waals surface area contributed by atoms with E-state index in [0.717, 1.165) is 16.2 Å². The summed E-state index contributed by atoms with van der Waals surface area (Å²) in [4.78, 5) is 35.1. The minimum atomic E-state index is -0.525. The predicted molar refractivity (Wildman–Crippen MR) is 89.0 cm³/mol. The van der Waals surface area contributed by atoms with Crippen LogP contribution < -0.4 is 5.32 Å². The van der Waals surface area contributed by atoms with Gasteiger partial charge in [-0.15, -0.1) is 11.3 Å². The van der Waals surface area contributed by atoms with Gasteiger partial charge in [0, 0.05) is 21.9 Å². The molecule has 0 bridgehead atoms. The van der Waals surface area contributed by atoms with Crippen molar-refractivity contribution in [1.29, 1.82) is 0 Å². The predicted octanol–water partition coefficient (Wildman–Crippen LogP) is 3.46. The zero-order valence-corrected chi connectivity index (χ0v) is 13.8.